The van der Waals surface area contributed by atoms with E-state index in [4.69, 9.17) is 0 Å². The Hall–Kier alpha value is -4.88. The quantitative estimate of drug-likeness (QED) is 0.136. The zero-order valence-electron chi connectivity index (χ0n) is 23.6. The van der Waals surface area contributed by atoms with Crippen LogP contribution in [0, 0.1) is 0 Å². The van der Waals surface area contributed by atoms with Crippen molar-refractivity contribution in [1.82, 2.24) is 0 Å². The van der Waals surface area contributed by atoms with Crippen molar-refractivity contribution in [2.24, 2.45) is 0 Å². The van der Waals surface area contributed by atoms with Crippen LogP contribution in [0.25, 0.3) is 21.5 Å². The van der Waals surface area contributed by atoms with Crippen molar-refractivity contribution in [1.29, 1.82) is 0 Å². The smallest absolute Gasteiger partial charge is 0.166 e. The van der Waals surface area contributed by atoms with Gasteiger partial charge in [-0.1, -0.05) is 121 Å². The Morgan fingerprint density at radius 2 is 0.889 bits per heavy atom. The van der Waals surface area contributed by atoms with Crippen LogP contribution < -0.4 is 15.6 Å². The maximum absolute atomic E-state index is 13.8. The van der Waals surface area contributed by atoms with Crippen LogP contribution in [0.5, 0.6) is 0 Å². The van der Waals surface area contributed by atoms with Gasteiger partial charge >= 0.3 is 12.4 Å². The molecule has 0 unspecified atom stereocenters. The van der Waals surface area contributed by atoms with E-state index in [1.165, 1.54) is 24.3 Å². The van der Waals surface area contributed by atoms with E-state index < -0.39 is 31.6 Å². The van der Waals surface area contributed by atoms with Crippen LogP contribution in [0.2, 0.25) is 0 Å². The zero-order valence-corrected chi connectivity index (χ0v) is 24.6. The maximum Gasteiger partial charge on any atom is 0.416 e. The van der Waals surface area contributed by atoms with Crippen LogP contribution in [0.15, 0.2) is 146 Å². The second-order valence-corrected chi connectivity index (χ2v) is 14.8. The molecule has 0 N–H and O–H groups in total. The largest absolute Gasteiger partial charge is 0.416 e. The standard InChI is InChI=1S/C38H24F6Si/c39-37(40,41)28-21-17-26(18-22-28)35-32-15-7-9-25-10-8-16-33(34(25)32)45(30-11-3-1-4-12-30,31-13-5-2-6-14-31)36(35)27-19-23-29(24-20-27)38(42,43)44/h1-24H. The van der Waals surface area contributed by atoms with Gasteiger partial charge in [-0.15, -0.1) is 0 Å². The Labute approximate surface area is 256 Å². The van der Waals surface area contributed by atoms with Gasteiger partial charge in [0.15, 0.2) is 8.07 Å². The van der Waals surface area contributed by atoms with Crippen LogP contribution in [0.3, 0.4) is 0 Å². The Morgan fingerprint density at radius 1 is 0.422 bits per heavy atom. The molecule has 45 heavy (non-hydrogen) atoms. The summed E-state index contributed by atoms with van der Waals surface area (Å²) in [6, 6.07) is 42.2. The Bertz CT molecular complexity index is 2000. The lowest BCUT2D eigenvalue weighted by molar-refractivity contribution is -0.138. The highest BCUT2D eigenvalue weighted by Gasteiger charge is 2.49. The predicted octanol–water partition coefficient (Wildman–Crippen LogP) is 8.86. The Kier molecular flexibility index (Phi) is 6.82. The van der Waals surface area contributed by atoms with Crippen LogP contribution in [0.1, 0.15) is 27.8 Å². The fraction of sp³-hybridized carbons (Fsp3) is 0.0526. The van der Waals surface area contributed by atoms with E-state index >= 15 is 0 Å². The minimum Gasteiger partial charge on any atom is -0.166 e. The molecule has 0 radical (unpaired) electrons. The van der Waals surface area contributed by atoms with E-state index in [0.29, 0.717) is 16.7 Å². The van der Waals surface area contributed by atoms with E-state index in [2.05, 4.69) is 30.3 Å². The first-order valence-corrected chi connectivity index (χ1v) is 16.3. The van der Waals surface area contributed by atoms with E-state index in [1.54, 1.807) is 0 Å². The number of alkyl halides is 6. The normalized spacial score (nSPS) is 14.5. The first-order valence-electron chi connectivity index (χ1n) is 14.3. The van der Waals surface area contributed by atoms with Crippen molar-refractivity contribution in [2.75, 3.05) is 0 Å². The molecular formula is C38H24F6Si. The summed E-state index contributed by atoms with van der Waals surface area (Å²) in [5, 5.41) is 5.88. The summed E-state index contributed by atoms with van der Waals surface area (Å²) in [5.74, 6) is 0. The maximum atomic E-state index is 13.8. The first-order chi connectivity index (χ1) is 21.6. The molecule has 0 saturated heterocycles. The van der Waals surface area contributed by atoms with Gasteiger partial charge in [0, 0.05) is 0 Å². The summed E-state index contributed by atoms with van der Waals surface area (Å²) in [5.41, 5.74) is 1.15. The molecule has 0 bridgehead atoms. The molecule has 222 valence electrons. The molecule has 1 heterocycles. The summed E-state index contributed by atoms with van der Waals surface area (Å²) < 4.78 is 82.4. The van der Waals surface area contributed by atoms with Crippen LogP contribution in [-0.4, -0.2) is 8.07 Å². The van der Waals surface area contributed by atoms with Gasteiger partial charge in [-0.2, -0.15) is 26.3 Å². The van der Waals surface area contributed by atoms with Crippen molar-refractivity contribution >= 4 is 45.2 Å². The van der Waals surface area contributed by atoms with E-state index in [1.807, 2.05) is 66.7 Å². The highest BCUT2D eigenvalue weighted by Crippen LogP contribution is 2.45. The van der Waals surface area contributed by atoms with Crippen LogP contribution >= 0.6 is 0 Å². The average molecular weight is 623 g/mol. The topological polar surface area (TPSA) is 0 Å². The van der Waals surface area contributed by atoms with E-state index in [0.717, 1.165) is 61.4 Å². The molecule has 7 rings (SSSR count). The number of benzene rings is 6. The van der Waals surface area contributed by atoms with E-state index in [9.17, 15) is 26.3 Å². The number of rotatable bonds is 4. The minimum atomic E-state index is -4.53. The van der Waals surface area contributed by atoms with Gasteiger partial charge in [-0.05, 0) is 78.1 Å². The highest BCUT2D eigenvalue weighted by atomic mass is 28.3. The predicted molar refractivity (Wildman–Crippen MR) is 170 cm³/mol. The third kappa shape index (κ3) is 4.70. The monoisotopic (exact) mass is 622 g/mol. The fourth-order valence-corrected chi connectivity index (χ4v) is 12.2. The SMILES string of the molecule is FC(F)(F)c1ccc(C2=C(c3ccc(C(F)(F)F)cc3)[Si](c3ccccc3)(c3ccccc3)c3cccc4cccc2c34)cc1. The third-order valence-electron chi connectivity index (χ3n) is 8.62. The molecular weight excluding hydrogens is 598 g/mol. The lowest BCUT2D eigenvalue weighted by atomic mass is 9.90. The minimum absolute atomic E-state index is 0.559. The molecule has 6 aromatic carbocycles. The molecule has 7 heteroatoms. The Balaban J connectivity index is 1.70. The first kappa shape index (κ1) is 28.9. The molecule has 1 aliphatic heterocycles. The number of hydrogen-bond acceptors (Lipinski definition) is 0. The third-order valence-corrected chi connectivity index (χ3v) is 13.5. The molecule has 0 saturated carbocycles. The molecule has 0 amide bonds. The lowest BCUT2D eigenvalue weighted by Gasteiger charge is -2.42. The van der Waals surface area contributed by atoms with Gasteiger partial charge in [0.25, 0.3) is 0 Å². The lowest BCUT2D eigenvalue weighted by Crippen LogP contribution is -2.69. The average Bonchev–Trinajstić information content (AvgIpc) is 3.05. The highest BCUT2D eigenvalue weighted by molar-refractivity contribution is 7.25. The summed E-state index contributed by atoms with van der Waals surface area (Å²) in [4.78, 5) is 0. The van der Waals surface area contributed by atoms with Gasteiger partial charge in [-0.25, -0.2) is 0 Å². The molecule has 6 aromatic rings. The number of hydrogen-bond donors (Lipinski definition) is 0. The second-order valence-electron chi connectivity index (χ2n) is 11.1. The molecule has 1 aliphatic rings. The van der Waals surface area contributed by atoms with Crippen molar-refractivity contribution in [3.63, 3.8) is 0 Å². The zero-order chi connectivity index (χ0) is 31.4. The van der Waals surface area contributed by atoms with Gasteiger partial charge in [0.05, 0.1) is 11.1 Å². The van der Waals surface area contributed by atoms with Crippen molar-refractivity contribution < 1.29 is 26.3 Å². The summed E-state index contributed by atoms with van der Waals surface area (Å²) >= 11 is 0. The van der Waals surface area contributed by atoms with Gasteiger partial charge in [0.2, 0.25) is 0 Å². The van der Waals surface area contributed by atoms with Gasteiger partial charge in [-0.3, -0.25) is 0 Å². The summed E-state index contributed by atoms with van der Waals surface area (Å²) in [7, 11) is -3.34. The molecule has 0 aliphatic carbocycles. The molecule has 0 atom stereocenters. The molecule has 0 nitrogen and oxygen atoms in total. The number of halogens is 6. The van der Waals surface area contributed by atoms with Crippen LogP contribution in [0.4, 0.5) is 26.3 Å². The van der Waals surface area contributed by atoms with Crippen molar-refractivity contribution in [3.8, 4) is 0 Å². The molecule has 0 spiro atoms. The fourth-order valence-electron chi connectivity index (χ4n) is 6.77. The van der Waals surface area contributed by atoms with Crippen molar-refractivity contribution in [3.05, 3.63) is 173 Å². The summed E-state index contributed by atoms with van der Waals surface area (Å²) in [6.45, 7) is 0. The van der Waals surface area contributed by atoms with Gasteiger partial charge in [0.1, 0.15) is 0 Å². The summed E-state index contributed by atoms with van der Waals surface area (Å²) in [6.07, 6.45) is -9.05. The second kappa shape index (κ2) is 10.6. The molecule has 0 aromatic heterocycles. The van der Waals surface area contributed by atoms with Crippen molar-refractivity contribution in [2.45, 2.75) is 12.4 Å². The van der Waals surface area contributed by atoms with E-state index in [-0.39, 0.29) is 0 Å². The van der Waals surface area contributed by atoms with Crippen LogP contribution in [-0.2, 0) is 12.4 Å². The van der Waals surface area contributed by atoms with Gasteiger partial charge < -0.3 is 0 Å². The Morgan fingerprint density at radius 3 is 1.38 bits per heavy atom. The molecule has 0 fully saturated rings.